The standard InChI is InChI=1S/C16H12FNO/c17-14-7-6-12-8-9-18(15(12)10-14)11-16(19)13-4-2-1-3-5-13/h1-10H,11H2. The monoisotopic (exact) mass is 253 g/mol. The average Bonchev–Trinajstić information content (AvgIpc) is 2.82. The Morgan fingerprint density at radius 3 is 2.63 bits per heavy atom. The fourth-order valence-corrected chi connectivity index (χ4v) is 2.16. The van der Waals surface area contributed by atoms with Crippen molar-refractivity contribution in [3.05, 3.63) is 72.2 Å². The van der Waals surface area contributed by atoms with Gasteiger partial charge in [-0.25, -0.2) is 4.39 Å². The molecule has 0 N–H and O–H groups in total. The van der Waals surface area contributed by atoms with E-state index in [1.54, 1.807) is 22.8 Å². The van der Waals surface area contributed by atoms with Crippen molar-refractivity contribution in [2.45, 2.75) is 6.54 Å². The van der Waals surface area contributed by atoms with Crippen LogP contribution in [0.4, 0.5) is 4.39 Å². The summed E-state index contributed by atoms with van der Waals surface area (Å²) in [5.74, 6) is -0.276. The zero-order valence-electron chi connectivity index (χ0n) is 10.2. The van der Waals surface area contributed by atoms with Crippen molar-refractivity contribution in [1.29, 1.82) is 0 Å². The van der Waals surface area contributed by atoms with Crippen LogP contribution >= 0.6 is 0 Å². The first-order valence-electron chi connectivity index (χ1n) is 6.07. The van der Waals surface area contributed by atoms with Crippen LogP contribution in [0.25, 0.3) is 10.9 Å². The van der Waals surface area contributed by atoms with Crippen LogP contribution in [0.15, 0.2) is 60.8 Å². The van der Waals surface area contributed by atoms with Crippen molar-refractivity contribution in [1.82, 2.24) is 4.57 Å². The quantitative estimate of drug-likeness (QED) is 0.653. The van der Waals surface area contributed by atoms with Crippen molar-refractivity contribution >= 4 is 16.7 Å². The Labute approximate surface area is 110 Å². The van der Waals surface area contributed by atoms with Crippen molar-refractivity contribution in [3.63, 3.8) is 0 Å². The maximum Gasteiger partial charge on any atom is 0.182 e. The molecular weight excluding hydrogens is 241 g/mol. The van der Waals surface area contributed by atoms with E-state index < -0.39 is 0 Å². The summed E-state index contributed by atoms with van der Waals surface area (Å²) in [6, 6.07) is 15.6. The number of rotatable bonds is 3. The molecule has 0 aliphatic rings. The maximum atomic E-state index is 13.3. The number of Topliss-reactive ketones (excluding diaryl/α,β-unsaturated/α-hetero) is 1. The third-order valence-electron chi connectivity index (χ3n) is 3.15. The van der Waals surface area contributed by atoms with E-state index in [-0.39, 0.29) is 18.1 Å². The molecule has 0 unspecified atom stereocenters. The molecule has 3 aromatic rings. The lowest BCUT2D eigenvalue weighted by Crippen LogP contribution is -2.09. The first kappa shape index (κ1) is 11.7. The third kappa shape index (κ3) is 2.27. The van der Waals surface area contributed by atoms with E-state index in [1.807, 2.05) is 30.5 Å². The topological polar surface area (TPSA) is 22.0 Å². The van der Waals surface area contributed by atoms with E-state index in [0.29, 0.717) is 5.56 Å². The molecule has 0 saturated carbocycles. The van der Waals surface area contributed by atoms with Gasteiger partial charge in [0.1, 0.15) is 5.82 Å². The van der Waals surface area contributed by atoms with Crippen LogP contribution < -0.4 is 0 Å². The maximum absolute atomic E-state index is 13.3. The fraction of sp³-hybridized carbons (Fsp3) is 0.0625. The van der Waals surface area contributed by atoms with Crippen LogP contribution in [-0.2, 0) is 6.54 Å². The second-order valence-electron chi connectivity index (χ2n) is 4.44. The molecular formula is C16H12FNO. The van der Waals surface area contributed by atoms with Gasteiger partial charge in [-0.2, -0.15) is 0 Å². The highest BCUT2D eigenvalue weighted by molar-refractivity contribution is 5.96. The van der Waals surface area contributed by atoms with Crippen molar-refractivity contribution in [2.75, 3.05) is 0 Å². The Kier molecular flexibility index (Phi) is 2.88. The van der Waals surface area contributed by atoms with Crippen LogP contribution in [0.1, 0.15) is 10.4 Å². The summed E-state index contributed by atoms with van der Waals surface area (Å²) in [6.45, 7) is 0.219. The van der Waals surface area contributed by atoms with Gasteiger partial charge in [-0.05, 0) is 29.7 Å². The van der Waals surface area contributed by atoms with Gasteiger partial charge in [0.25, 0.3) is 0 Å². The zero-order valence-corrected chi connectivity index (χ0v) is 10.2. The SMILES string of the molecule is O=C(Cn1ccc2ccc(F)cc21)c1ccccc1. The average molecular weight is 253 g/mol. The van der Waals surface area contributed by atoms with E-state index >= 15 is 0 Å². The number of benzene rings is 2. The molecule has 3 rings (SSSR count). The minimum Gasteiger partial charge on any atom is -0.340 e. The van der Waals surface area contributed by atoms with Crippen molar-refractivity contribution in [2.24, 2.45) is 0 Å². The highest BCUT2D eigenvalue weighted by Crippen LogP contribution is 2.17. The molecule has 0 radical (unpaired) electrons. The molecule has 19 heavy (non-hydrogen) atoms. The highest BCUT2D eigenvalue weighted by Gasteiger charge is 2.08. The number of nitrogens with zero attached hydrogens (tertiary/aromatic N) is 1. The summed E-state index contributed by atoms with van der Waals surface area (Å²) in [5, 5.41) is 0.933. The Morgan fingerprint density at radius 2 is 1.84 bits per heavy atom. The van der Waals surface area contributed by atoms with Crippen LogP contribution in [0.5, 0.6) is 0 Å². The van der Waals surface area contributed by atoms with E-state index in [1.165, 1.54) is 12.1 Å². The lowest BCUT2D eigenvalue weighted by atomic mass is 10.1. The second-order valence-corrected chi connectivity index (χ2v) is 4.44. The summed E-state index contributed by atoms with van der Waals surface area (Å²) in [4.78, 5) is 12.1. The first-order chi connectivity index (χ1) is 9.24. The van der Waals surface area contributed by atoms with Gasteiger partial charge in [0.2, 0.25) is 0 Å². The molecule has 0 atom stereocenters. The predicted molar refractivity (Wildman–Crippen MR) is 72.7 cm³/mol. The summed E-state index contributed by atoms with van der Waals surface area (Å²) >= 11 is 0. The van der Waals surface area contributed by atoms with Gasteiger partial charge in [-0.3, -0.25) is 4.79 Å². The Balaban J connectivity index is 1.94. The molecule has 1 heterocycles. The molecule has 0 amide bonds. The molecule has 0 aliphatic heterocycles. The molecule has 3 heteroatoms. The summed E-state index contributed by atoms with van der Waals surface area (Å²) in [5.41, 5.74) is 1.41. The van der Waals surface area contributed by atoms with Gasteiger partial charge >= 0.3 is 0 Å². The Hall–Kier alpha value is -2.42. The van der Waals surface area contributed by atoms with E-state index in [2.05, 4.69) is 0 Å². The van der Waals surface area contributed by atoms with Crippen LogP contribution in [0, 0.1) is 5.82 Å². The molecule has 2 nitrogen and oxygen atoms in total. The predicted octanol–water partition coefficient (Wildman–Crippen LogP) is 3.66. The van der Waals surface area contributed by atoms with Crippen molar-refractivity contribution in [3.8, 4) is 0 Å². The Bertz CT molecular complexity index is 731. The van der Waals surface area contributed by atoms with Gasteiger partial charge in [0, 0.05) is 11.8 Å². The summed E-state index contributed by atoms with van der Waals surface area (Å²) in [6.07, 6.45) is 1.81. The number of carbonyl (C=O) groups is 1. The molecule has 1 aromatic heterocycles. The van der Waals surface area contributed by atoms with E-state index in [4.69, 9.17) is 0 Å². The number of ketones is 1. The van der Waals surface area contributed by atoms with E-state index in [9.17, 15) is 9.18 Å². The van der Waals surface area contributed by atoms with Crippen LogP contribution in [0.3, 0.4) is 0 Å². The number of hydrogen-bond acceptors (Lipinski definition) is 1. The lowest BCUT2D eigenvalue weighted by Gasteiger charge is -2.05. The number of aromatic nitrogens is 1. The van der Waals surface area contributed by atoms with Crippen LogP contribution in [-0.4, -0.2) is 10.4 Å². The number of fused-ring (bicyclic) bond motifs is 1. The molecule has 0 fully saturated rings. The van der Waals surface area contributed by atoms with Gasteiger partial charge in [0.15, 0.2) is 5.78 Å². The smallest absolute Gasteiger partial charge is 0.182 e. The number of hydrogen-bond donors (Lipinski definition) is 0. The van der Waals surface area contributed by atoms with Gasteiger partial charge in [0.05, 0.1) is 12.1 Å². The molecule has 2 aromatic carbocycles. The van der Waals surface area contributed by atoms with Gasteiger partial charge in [-0.15, -0.1) is 0 Å². The fourth-order valence-electron chi connectivity index (χ4n) is 2.16. The summed E-state index contributed by atoms with van der Waals surface area (Å²) < 4.78 is 15.0. The molecule has 94 valence electrons. The summed E-state index contributed by atoms with van der Waals surface area (Å²) in [7, 11) is 0. The molecule has 0 bridgehead atoms. The van der Waals surface area contributed by atoms with Crippen molar-refractivity contribution < 1.29 is 9.18 Å². The van der Waals surface area contributed by atoms with Gasteiger partial charge in [-0.1, -0.05) is 30.3 Å². The van der Waals surface area contributed by atoms with Crippen LogP contribution in [0.2, 0.25) is 0 Å². The molecule has 0 spiro atoms. The minimum atomic E-state index is -0.292. The third-order valence-corrected chi connectivity index (χ3v) is 3.15. The molecule has 0 aliphatic carbocycles. The first-order valence-corrected chi connectivity index (χ1v) is 6.07. The Morgan fingerprint density at radius 1 is 1.05 bits per heavy atom. The minimum absolute atomic E-state index is 0.0161. The highest BCUT2D eigenvalue weighted by atomic mass is 19.1. The number of halogens is 1. The van der Waals surface area contributed by atoms with Gasteiger partial charge < -0.3 is 4.57 Å². The normalized spacial score (nSPS) is 10.8. The molecule has 0 saturated heterocycles. The van der Waals surface area contributed by atoms with E-state index in [0.717, 1.165) is 10.9 Å². The number of carbonyl (C=O) groups excluding carboxylic acids is 1. The zero-order chi connectivity index (χ0) is 13.2. The lowest BCUT2D eigenvalue weighted by molar-refractivity contribution is 0.0973. The second kappa shape index (κ2) is 4.69. The largest absolute Gasteiger partial charge is 0.340 e.